The summed E-state index contributed by atoms with van der Waals surface area (Å²) in [7, 11) is -3.23. The van der Waals surface area contributed by atoms with E-state index in [2.05, 4.69) is 24.1 Å². The van der Waals surface area contributed by atoms with E-state index < -0.39 is 10.0 Å². The van der Waals surface area contributed by atoms with Crippen LogP contribution in [-0.2, 0) is 10.0 Å². The van der Waals surface area contributed by atoms with Gasteiger partial charge in [-0.1, -0.05) is 19.9 Å². The van der Waals surface area contributed by atoms with Gasteiger partial charge < -0.3 is 10.2 Å². The average molecular weight is 380 g/mol. The van der Waals surface area contributed by atoms with Crippen molar-refractivity contribution >= 4 is 21.6 Å². The summed E-state index contributed by atoms with van der Waals surface area (Å²) in [6.07, 6.45) is 1.90. The Kier molecular flexibility index (Phi) is 5.87. The summed E-state index contributed by atoms with van der Waals surface area (Å²) in [6, 6.07) is 6.89. The molecule has 2 aliphatic rings. The lowest BCUT2D eigenvalue weighted by Gasteiger charge is -2.34. The zero-order valence-corrected chi connectivity index (χ0v) is 16.5. The molecule has 2 atom stereocenters. The van der Waals surface area contributed by atoms with E-state index in [1.54, 1.807) is 24.3 Å². The van der Waals surface area contributed by atoms with Crippen LogP contribution in [0.2, 0.25) is 0 Å². The van der Waals surface area contributed by atoms with Gasteiger partial charge in [0.05, 0.1) is 11.4 Å². The molecule has 1 N–H and O–H groups in total. The first-order chi connectivity index (χ1) is 12.3. The Morgan fingerprint density at radius 2 is 1.96 bits per heavy atom. The van der Waals surface area contributed by atoms with Crippen molar-refractivity contribution in [2.45, 2.75) is 26.7 Å². The van der Waals surface area contributed by atoms with Gasteiger partial charge in [-0.25, -0.2) is 8.42 Å². The molecule has 2 saturated heterocycles. The normalized spacial score (nSPS) is 26.0. The molecule has 26 heavy (non-hydrogen) atoms. The Morgan fingerprint density at radius 1 is 1.23 bits per heavy atom. The van der Waals surface area contributed by atoms with Crippen LogP contribution in [0.1, 0.15) is 37.0 Å². The largest absolute Gasteiger partial charge is 0.351 e. The second-order valence-corrected chi connectivity index (χ2v) is 9.77. The van der Waals surface area contributed by atoms with Crippen molar-refractivity contribution in [1.82, 2.24) is 10.2 Å². The molecule has 2 fully saturated rings. The Hall–Kier alpha value is -1.60. The van der Waals surface area contributed by atoms with Gasteiger partial charge in [0.2, 0.25) is 10.0 Å². The maximum absolute atomic E-state index is 12.4. The molecule has 1 aromatic rings. The first kappa shape index (κ1) is 19.2. The number of likely N-dealkylation sites (tertiary alicyclic amines) is 1. The molecule has 1 amide bonds. The number of benzene rings is 1. The number of nitrogens with zero attached hydrogens (tertiary/aromatic N) is 2. The standard InChI is InChI=1S/C19H29N3O3S/c1-15-11-16(2)14-21(13-15)9-7-20-19(23)17-5-3-6-18(12-17)22-8-4-10-26(22,24)25/h3,5-6,12,15-16H,4,7-11,13-14H2,1-2H3,(H,20,23). The second-order valence-electron chi connectivity index (χ2n) is 7.75. The zero-order chi connectivity index (χ0) is 18.7. The summed E-state index contributed by atoms with van der Waals surface area (Å²) in [5.74, 6) is 1.43. The fourth-order valence-corrected chi connectivity index (χ4v) is 5.69. The fraction of sp³-hybridized carbons (Fsp3) is 0.632. The van der Waals surface area contributed by atoms with Crippen molar-refractivity contribution in [2.75, 3.05) is 42.8 Å². The number of sulfonamides is 1. The molecule has 1 aromatic carbocycles. The van der Waals surface area contributed by atoms with Gasteiger partial charge in [-0.2, -0.15) is 0 Å². The highest BCUT2D eigenvalue weighted by Crippen LogP contribution is 2.24. The minimum absolute atomic E-state index is 0.151. The number of nitrogens with one attached hydrogen (secondary N) is 1. The van der Waals surface area contributed by atoms with E-state index in [0.29, 0.717) is 42.6 Å². The Labute approximate surface area is 156 Å². The van der Waals surface area contributed by atoms with E-state index in [0.717, 1.165) is 19.6 Å². The molecule has 2 aliphatic heterocycles. The lowest BCUT2D eigenvalue weighted by atomic mass is 9.92. The molecule has 0 aliphatic carbocycles. The topological polar surface area (TPSA) is 69.7 Å². The van der Waals surface area contributed by atoms with Crippen molar-refractivity contribution in [1.29, 1.82) is 0 Å². The van der Waals surface area contributed by atoms with Crippen molar-refractivity contribution < 1.29 is 13.2 Å². The zero-order valence-electron chi connectivity index (χ0n) is 15.6. The van der Waals surface area contributed by atoms with Crippen LogP contribution in [0.5, 0.6) is 0 Å². The number of anilines is 1. The van der Waals surface area contributed by atoms with Crippen LogP contribution >= 0.6 is 0 Å². The van der Waals surface area contributed by atoms with Crippen LogP contribution in [0.3, 0.4) is 0 Å². The quantitative estimate of drug-likeness (QED) is 0.849. The van der Waals surface area contributed by atoms with Gasteiger partial charge >= 0.3 is 0 Å². The van der Waals surface area contributed by atoms with Crippen LogP contribution in [0, 0.1) is 11.8 Å². The lowest BCUT2D eigenvalue weighted by molar-refractivity contribution is 0.0936. The summed E-state index contributed by atoms with van der Waals surface area (Å²) in [5.41, 5.74) is 1.08. The van der Waals surface area contributed by atoms with Gasteiger partial charge in [-0.15, -0.1) is 0 Å². The van der Waals surface area contributed by atoms with Crippen molar-refractivity contribution in [2.24, 2.45) is 11.8 Å². The predicted octanol–water partition coefficient (Wildman–Crippen LogP) is 1.93. The smallest absolute Gasteiger partial charge is 0.251 e. The first-order valence-corrected chi connectivity index (χ1v) is 11.1. The molecule has 0 bridgehead atoms. The highest BCUT2D eigenvalue weighted by atomic mass is 32.2. The van der Waals surface area contributed by atoms with E-state index in [9.17, 15) is 13.2 Å². The molecule has 7 heteroatoms. The van der Waals surface area contributed by atoms with Crippen molar-refractivity contribution in [3.63, 3.8) is 0 Å². The summed E-state index contributed by atoms with van der Waals surface area (Å²) in [5, 5.41) is 2.97. The number of hydrogen-bond donors (Lipinski definition) is 1. The molecule has 2 heterocycles. The molecule has 144 valence electrons. The molecule has 0 aromatic heterocycles. The minimum Gasteiger partial charge on any atom is -0.351 e. The van der Waals surface area contributed by atoms with E-state index in [1.807, 2.05) is 0 Å². The number of carbonyl (C=O) groups is 1. The van der Waals surface area contributed by atoms with E-state index >= 15 is 0 Å². The molecular weight excluding hydrogens is 350 g/mol. The van der Waals surface area contributed by atoms with E-state index in [-0.39, 0.29) is 11.7 Å². The van der Waals surface area contributed by atoms with Crippen molar-refractivity contribution in [3.05, 3.63) is 29.8 Å². The van der Waals surface area contributed by atoms with Gasteiger partial charge in [0.25, 0.3) is 5.91 Å². The number of carbonyl (C=O) groups excluding carboxylic acids is 1. The van der Waals surface area contributed by atoms with Gasteiger partial charge in [0, 0.05) is 38.3 Å². The third kappa shape index (κ3) is 4.57. The van der Waals surface area contributed by atoms with E-state index in [4.69, 9.17) is 0 Å². The van der Waals surface area contributed by atoms with Gasteiger partial charge in [0.1, 0.15) is 0 Å². The Bertz CT molecular complexity index is 740. The highest BCUT2D eigenvalue weighted by Gasteiger charge is 2.28. The first-order valence-electron chi connectivity index (χ1n) is 9.46. The third-order valence-electron chi connectivity index (χ3n) is 5.15. The van der Waals surface area contributed by atoms with Crippen LogP contribution < -0.4 is 9.62 Å². The number of hydrogen-bond acceptors (Lipinski definition) is 4. The fourth-order valence-electron chi connectivity index (χ4n) is 4.14. The number of amides is 1. The van der Waals surface area contributed by atoms with Crippen LogP contribution in [0.25, 0.3) is 0 Å². The van der Waals surface area contributed by atoms with Crippen molar-refractivity contribution in [3.8, 4) is 0 Å². The average Bonchev–Trinajstić information content (AvgIpc) is 2.93. The molecular formula is C19H29N3O3S. The Morgan fingerprint density at radius 3 is 2.62 bits per heavy atom. The van der Waals surface area contributed by atoms with Crippen LogP contribution in [0.15, 0.2) is 24.3 Å². The SMILES string of the molecule is CC1CC(C)CN(CCNC(=O)c2cccc(N3CCCS3(=O)=O)c2)C1. The second kappa shape index (κ2) is 7.96. The summed E-state index contributed by atoms with van der Waals surface area (Å²) in [6.45, 7) is 8.66. The molecule has 2 unspecified atom stereocenters. The molecule has 3 rings (SSSR count). The monoisotopic (exact) mass is 379 g/mol. The summed E-state index contributed by atoms with van der Waals surface area (Å²) in [4.78, 5) is 14.9. The maximum Gasteiger partial charge on any atom is 0.251 e. The molecule has 0 spiro atoms. The van der Waals surface area contributed by atoms with Crippen LogP contribution in [0.4, 0.5) is 5.69 Å². The maximum atomic E-state index is 12.4. The lowest BCUT2D eigenvalue weighted by Crippen LogP contribution is -2.42. The highest BCUT2D eigenvalue weighted by molar-refractivity contribution is 7.93. The van der Waals surface area contributed by atoms with Crippen LogP contribution in [-0.4, -0.2) is 57.7 Å². The van der Waals surface area contributed by atoms with Gasteiger partial charge in [-0.3, -0.25) is 9.10 Å². The molecule has 6 nitrogen and oxygen atoms in total. The molecule has 0 radical (unpaired) electrons. The Balaban J connectivity index is 1.56. The van der Waals surface area contributed by atoms with E-state index in [1.165, 1.54) is 10.7 Å². The van der Waals surface area contributed by atoms with Gasteiger partial charge in [0.15, 0.2) is 0 Å². The summed E-state index contributed by atoms with van der Waals surface area (Å²) >= 11 is 0. The summed E-state index contributed by atoms with van der Waals surface area (Å²) < 4.78 is 25.5. The predicted molar refractivity (Wildman–Crippen MR) is 104 cm³/mol. The number of piperidine rings is 1. The number of rotatable bonds is 5. The third-order valence-corrected chi connectivity index (χ3v) is 7.02. The minimum atomic E-state index is -3.23. The van der Waals surface area contributed by atoms with Gasteiger partial charge in [-0.05, 0) is 42.9 Å². The molecule has 0 saturated carbocycles.